The van der Waals surface area contributed by atoms with E-state index >= 15 is 0 Å². The largest absolute Gasteiger partial charge is 0.337 e. The molecule has 1 N–H and O–H groups in total. The predicted octanol–water partition coefficient (Wildman–Crippen LogP) is 2.57. The van der Waals surface area contributed by atoms with Crippen LogP contribution in [0.3, 0.4) is 0 Å². The van der Waals surface area contributed by atoms with Gasteiger partial charge in [0.1, 0.15) is 11.4 Å². The minimum atomic E-state index is -0.317. The lowest BCUT2D eigenvalue weighted by atomic mass is 10.2. The normalized spacial score (nSPS) is 13.9. The number of hydrogen-bond donors (Lipinski definition) is 1. The summed E-state index contributed by atoms with van der Waals surface area (Å²) >= 11 is 0. The molecule has 0 unspecified atom stereocenters. The van der Waals surface area contributed by atoms with E-state index in [1.54, 1.807) is 35.2 Å². The van der Waals surface area contributed by atoms with Gasteiger partial charge in [-0.1, -0.05) is 24.3 Å². The average molecular weight is 295 g/mol. The van der Waals surface area contributed by atoms with E-state index in [1.807, 2.05) is 18.2 Å². The Morgan fingerprint density at radius 2 is 1.59 bits per heavy atom. The molecule has 0 saturated carbocycles. The molecule has 0 radical (unpaired) electrons. The SMILES string of the molecule is O=C(Nc1ccccc1)c1cccc(C(=O)N2CCCC2)n1. The minimum absolute atomic E-state index is 0.105. The molecule has 1 saturated heterocycles. The number of anilines is 1. The summed E-state index contributed by atoms with van der Waals surface area (Å²) in [6.45, 7) is 1.53. The van der Waals surface area contributed by atoms with Crippen molar-refractivity contribution in [1.82, 2.24) is 9.88 Å². The number of rotatable bonds is 3. The number of carbonyl (C=O) groups excluding carboxylic acids is 2. The van der Waals surface area contributed by atoms with Crippen LogP contribution in [0, 0.1) is 0 Å². The molecule has 0 spiro atoms. The fourth-order valence-electron chi connectivity index (χ4n) is 2.48. The third-order valence-corrected chi connectivity index (χ3v) is 3.63. The van der Waals surface area contributed by atoms with Gasteiger partial charge in [-0.3, -0.25) is 9.59 Å². The Bertz CT molecular complexity index is 679. The molecule has 1 aromatic heterocycles. The maximum absolute atomic E-state index is 12.3. The predicted molar refractivity (Wildman–Crippen MR) is 83.8 cm³/mol. The number of para-hydroxylation sites is 1. The number of nitrogens with zero attached hydrogens (tertiary/aromatic N) is 2. The first-order valence-electron chi connectivity index (χ1n) is 7.37. The molecule has 112 valence electrons. The van der Waals surface area contributed by atoms with Gasteiger partial charge in [-0.25, -0.2) is 4.98 Å². The van der Waals surface area contributed by atoms with Crippen LogP contribution in [0.4, 0.5) is 5.69 Å². The summed E-state index contributed by atoms with van der Waals surface area (Å²) < 4.78 is 0. The van der Waals surface area contributed by atoms with Gasteiger partial charge in [-0.2, -0.15) is 0 Å². The van der Waals surface area contributed by atoms with Crippen LogP contribution < -0.4 is 5.32 Å². The molecule has 1 aliphatic rings. The summed E-state index contributed by atoms with van der Waals surface area (Å²) in [7, 11) is 0. The summed E-state index contributed by atoms with van der Waals surface area (Å²) in [5.74, 6) is -0.422. The number of nitrogens with one attached hydrogen (secondary N) is 1. The topological polar surface area (TPSA) is 62.3 Å². The first kappa shape index (κ1) is 14.3. The summed E-state index contributed by atoms with van der Waals surface area (Å²) in [5.41, 5.74) is 1.27. The van der Waals surface area contributed by atoms with Crippen molar-refractivity contribution in [3.63, 3.8) is 0 Å². The Balaban J connectivity index is 1.75. The lowest BCUT2D eigenvalue weighted by Crippen LogP contribution is -2.29. The van der Waals surface area contributed by atoms with Gasteiger partial charge in [0.05, 0.1) is 0 Å². The molecule has 3 rings (SSSR count). The smallest absolute Gasteiger partial charge is 0.274 e. The van der Waals surface area contributed by atoms with Crippen LogP contribution in [0.2, 0.25) is 0 Å². The van der Waals surface area contributed by atoms with E-state index in [9.17, 15) is 9.59 Å². The molecule has 5 nitrogen and oxygen atoms in total. The van der Waals surface area contributed by atoms with Gasteiger partial charge in [0.25, 0.3) is 11.8 Å². The van der Waals surface area contributed by atoms with Crippen LogP contribution >= 0.6 is 0 Å². The highest BCUT2D eigenvalue weighted by Crippen LogP contribution is 2.13. The number of aromatic nitrogens is 1. The van der Waals surface area contributed by atoms with Crippen LogP contribution in [0.15, 0.2) is 48.5 Å². The minimum Gasteiger partial charge on any atom is -0.337 e. The van der Waals surface area contributed by atoms with Crippen LogP contribution in [0.1, 0.15) is 33.8 Å². The number of benzene rings is 1. The van der Waals surface area contributed by atoms with Crippen LogP contribution in [0.25, 0.3) is 0 Å². The van der Waals surface area contributed by atoms with Crippen molar-refractivity contribution >= 4 is 17.5 Å². The fraction of sp³-hybridized carbons (Fsp3) is 0.235. The summed E-state index contributed by atoms with van der Waals surface area (Å²) in [5, 5.41) is 2.77. The Hall–Kier alpha value is -2.69. The van der Waals surface area contributed by atoms with Crippen molar-refractivity contribution in [3.05, 3.63) is 59.9 Å². The summed E-state index contributed by atoms with van der Waals surface area (Å²) in [6, 6.07) is 14.1. The van der Waals surface area contributed by atoms with E-state index < -0.39 is 0 Å². The molecule has 5 heteroatoms. The van der Waals surface area contributed by atoms with Crippen LogP contribution in [0.5, 0.6) is 0 Å². The number of amides is 2. The van der Waals surface area contributed by atoms with Crippen molar-refractivity contribution in [2.75, 3.05) is 18.4 Å². The van der Waals surface area contributed by atoms with E-state index in [0.29, 0.717) is 11.4 Å². The first-order chi connectivity index (χ1) is 10.7. The highest BCUT2D eigenvalue weighted by molar-refractivity contribution is 6.03. The van der Waals surface area contributed by atoms with Gasteiger partial charge in [0, 0.05) is 18.8 Å². The highest BCUT2D eigenvalue weighted by atomic mass is 16.2. The monoisotopic (exact) mass is 295 g/mol. The van der Waals surface area contributed by atoms with Crippen LogP contribution in [-0.2, 0) is 0 Å². The molecule has 22 heavy (non-hydrogen) atoms. The fourth-order valence-corrected chi connectivity index (χ4v) is 2.48. The number of carbonyl (C=O) groups is 2. The standard InChI is InChI=1S/C17H17N3O2/c21-16(18-13-7-2-1-3-8-13)14-9-6-10-15(19-14)17(22)20-11-4-5-12-20/h1-3,6-10H,4-5,11-12H2,(H,18,21). The van der Waals surface area contributed by atoms with Crippen LogP contribution in [-0.4, -0.2) is 34.8 Å². The van der Waals surface area contributed by atoms with Gasteiger partial charge in [-0.05, 0) is 37.1 Å². The first-order valence-corrected chi connectivity index (χ1v) is 7.37. The molecule has 0 bridgehead atoms. The second-order valence-corrected chi connectivity index (χ2v) is 5.23. The summed E-state index contributed by atoms with van der Waals surface area (Å²) in [6.07, 6.45) is 2.06. The summed E-state index contributed by atoms with van der Waals surface area (Å²) in [4.78, 5) is 30.5. The molecule has 1 fully saturated rings. The zero-order valence-electron chi connectivity index (χ0n) is 12.2. The Kier molecular flexibility index (Phi) is 4.14. The Morgan fingerprint density at radius 3 is 2.32 bits per heavy atom. The third kappa shape index (κ3) is 3.14. The number of likely N-dealkylation sites (tertiary alicyclic amines) is 1. The molecular formula is C17H17N3O2. The second kappa shape index (κ2) is 6.39. The molecule has 1 aliphatic heterocycles. The molecule has 0 aliphatic carbocycles. The highest BCUT2D eigenvalue weighted by Gasteiger charge is 2.21. The van der Waals surface area contributed by atoms with Crippen molar-refractivity contribution in [3.8, 4) is 0 Å². The molecule has 1 aromatic carbocycles. The maximum atomic E-state index is 12.3. The zero-order chi connectivity index (χ0) is 15.4. The van der Waals surface area contributed by atoms with E-state index in [2.05, 4.69) is 10.3 Å². The van der Waals surface area contributed by atoms with E-state index in [1.165, 1.54) is 0 Å². The quantitative estimate of drug-likeness (QED) is 0.946. The molecular weight excluding hydrogens is 278 g/mol. The zero-order valence-corrected chi connectivity index (χ0v) is 12.2. The third-order valence-electron chi connectivity index (χ3n) is 3.63. The maximum Gasteiger partial charge on any atom is 0.274 e. The molecule has 2 amide bonds. The van der Waals surface area contributed by atoms with E-state index in [-0.39, 0.29) is 17.5 Å². The molecule has 0 atom stereocenters. The van der Waals surface area contributed by atoms with Gasteiger partial charge >= 0.3 is 0 Å². The second-order valence-electron chi connectivity index (χ2n) is 5.23. The van der Waals surface area contributed by atoms with E-state index in [4.69, 9.17) is 0 Å². The van der Waals surface area contributed by atoms with Gasteiger partial charge in [0.2, 0.25) is 0 Å². The van der Waals surface area contributed by atoms with Gasteiger partial charge < -0.3 is 10.2 Å². The van der Waals surface area contributed by atoms with Crippen molar-refractivity contribution in [2.24, 2.45) is 0 Å². The number of hydrogen-bond acceptors (Lipinski definition) is 3. The van der Waals surface area contributed by atoms with Crippen molar-refractivity contribution in [1.29, 1.82) is 0 Å². The van der Waals surface area contributed by atoms with Crippen molar-refractivity contribution in [2.45, 2.75) is 12.8 Å². The number of pyridine rings is 1. The molecule has 2 aromatic rings. The average Bonchev–Trinajstić information content (AvgIpc) is 3.09. The Morgan fingerprint density at radius 1 is 0.909 bits per heavy atom. The van der Waals surface area contributed by atoms with Crippen molar-refractivity contribution < 1.29 is 9.59 Å². The lowest BCUT2D eigenvalue weighted by Gasteiger charge is -2.14. The molecule has 2 heterocycles. The van der Waals surface area contributed by atoms with Gasteiger partial charge in [0.15, 0.2) is 0 Å². The lowest BCUT2D eigenvalue weighted by molar-refractivity contribution is 0.0787. The van der Waals surface area contributed by atoms with Gasteiger partial charge in [-0.15, -0.1) is 0 Å². The Labute approximate surface area is 129 Å². The van der Waals surface area contributed by atoms with E-state index in [0.717, 1.165) is 25.9 Å².